The minimum atomic E-state index is -3.21. The molecule has 0 fully saturated rings. The molecule has 0 aromatic heterocycles. The van der Waals surface area contributed by atoms with E-state index < -0.39 is 15.2 Å². The summed E-state index contributed by atoms with van der Waals surface area (Å²) in [5, 5.41) is 0. The van der Waals surface area contributed by atoms with Crippen LogP contribution in [0.4, 0.5) is 0 Å². The molecule has 2 aliphatic rings. The molecule has 2 heterocycles. The summed E-state index contributed by atoms with van der Waals surface area (Å²) >= 11 is 0. The number of benzene rings is 2. The summed E-state index contributed by atoms with van der Waals surface area (Å²) in [6.07, 6.45) is 7.95. The van der Waals surface area contributed by atoms with Crippen molar-refractivity contribution in [2.24, 2.45) is 0 Å². The molecule has 0 saturated carbocycles. The molecule has 2 aromatic carbocycles. The molecule has 0 bridgehead atoms. The van der Waals surface area contributed by atoms with E-state index in [0.29, 0.717) is 0 Å². The van der Waals surface area contributed by atoms with Gasteiger partial charge in [0.2, 0.25) is 0 Å². The predicted octanol–water partition coefficient (Wildman–Crippen LogP) is 5.50. The molecule has 8 nitrogen and oxygen atoms in total. The minimum Gasteiger partial charge on any atom is -0.296 e. The lowest BCUT2D eigenvalue weighted by molar-refractivity contribution is 0.217. The Labute approximate surface area is 216 Å². The summed E-state index contributed by atoms with van der Waals surface area (Å²) < 4.78 is 40.7. The first-order valence-corrected chi connectivity index (χ1v) is 15.1. The van der Waals surface area contributed by atoms with Crippen LogP contribution in [-0.4, -0.2) is 84.4 Å². The quantitative estimate of drug-likeness (QED) is 0.437. The van der Waals surface area contributed by atoms with Gasteiger partial charge in [0, 0.05) is 12.4 Å². The van der Waals surface area contributed by atoms with Crippen LogP contribution in [0.2, 0.25) is 0 Å². The second kappa shape index (κ2) is 9.94. The van der Waals surface area contributed by atoms with E-state index in [2.05, 4.69) is 24.3 Å². The van der Waals surface area contributed by atoms with Crippen molar-refractivity contribution >= 4 is 27.3 Å². The first-order chi connectivity index (χ1) is 17.0. The average Bonchev–Trinajstić information content (AvgIpc) is 2.85. The van der Waals surface area contributed by atoms with E-state index >= 15 is 0 Å². The number of hydrogen-bond donors (Lipinski definition) is 0. The van der Waals surface area contributed by atoms with Gasteiger partial charge < -0.3 is 0 Å². The zero-order chi connectivity index (χ0) is 26.4. The molecule has 2 atom stereocenters. The van der Waals surface area contributed by atoms with Crippen molar-refractivity contribution in [1.29, 1.82) is 0 Å². The first kappa shape index (κ1) is 26.9. The maximum absolute atomic E-state index is 14.8. The van der Waals surface area contributed by atoms with E-state index in [1.165, 1.54) is 0 Å². The highest BCUT2D eigenvalue weighted by Crippen LogP contribution is 2.66. The molecule has 0 radical (unpaired) electrons. The van der Waals surface area contributed by atoms with Gasteiger partial charge in [-0.1, -0.05) is 48.5 Å². The summed E-state index contributed by atoms with van der Waals surface area (Å²) in [6, 6.07) is 15.7. The predicted molar refractivity (Wildman–Crippen MR) is 150 cm³/mol. The fourth-order valence-corrected chi connectivity index (χ4v) is 10.0. The first-order valence-electron chi connectivity index (χ1n) is 12.0. The van der Waals surface area contributed by atoms with Crippen molar-refractivity contribution in [1.82, 2.24) is 28.0 Å². The Morgan fingerprint density at radius 2 is 0.861 bits per heavy atom. The Hall–Kier alpha value is -2.18. The normalized spacial score (nSPS) is 20.0. The third-order valence-corrected chi connectivity index (χ3v) is 13.1. The molecule has 0 spiro atoms. The number of hydrogen-bond acceptors (Lipinski definition) is 2. The maximum Gasteiger partial charge on any atom is 0.310 e. The molecule has 2 aromatic rings. The molecule has 0 saturated heterocycles. The van der Waals surface area contributed by atoms with E-state index in [1.54, 1.807) is 18.7 Å². The van der Waals surface area contributed by atoms with Crippen molar-refractivity contribution in [3.05, 3.63) is 83.2 Å². The van der Waals surface area contributed by atoms with Crippen molar-refractivity contribution in [3.63, 3.8) is 0 Å². The number of rotatable bonds is 7. The van der Waals surface area contributed by atoms with Gasteiger partial charge in [-0.3, -0.25) is 18.5 Å². The largest absolute Gasteiger partial charge is 0.310 e. The minimum absolute atomic E-state index is 0.374. The summed E-state index contributed by atoms with van der Waals surface area (Å²) in [5.74, 6) is 0. The molecule has 0 amide bonds. The van der Waals surface area contributed by atoms with Crippen LogP contribution in [0, 0.1) is 0 Å². The van der Waals surface area contributed by atoms with E-state index in [-0.39, 0.29) is 12.1 Å². The van der Waals surface area contributed by atoms with Gasteiger partial charge in [-0.2, -0.15) is 0 Å². The second-order valence-electron chi connectivity index (χ2n) is 9.95. The van der Waals surface area contributed by atoms with Gasteiger partial charge >= 0.3 is 15.2 Å². The lowest BCUT2D eigenvalue weighted by Crippen LogP contribution is -2.44. The molecule has 0 aliphatic carbocycles. The van der Waals surface area contributed by atoms with Crippen LogP contribution < -0.4 is 0 Å². The Morgan fingerprint density at radius 3 is 1.17 bits per heavy atom. The van der Waals surface area contributed by atoms with E-state index in [1.807, 2.05) is 115 Å². The molecule has 2 aliphatic heterocycles. The van der Waals surface area contributed by atoms with Gasteiger partial charge in [0.1, 0.15) is 0 Å². The van der Waals surface area contributed by atoms with Gasteiger partial charge in [0.05, 0.1) is 12.1 Å². The maximum atomic E-state index is 14.8. The molecule has 10 heteroatoms. The zero-order valence-corrected chi connectivity index (χ0v) is 24.3. The van der Waals surface area contributed by atoms with Crippen molar-refractivity contribution in [2.75, 3.05) is 56.4 Å². The molecular weight excluding hydrogens is 490 g/mol. The highest BCUT2D eigenvalue weighted by molar-refractivity contribution is 7.57. The Morgan fingerprint density at radius 1 is 0.556 bits per heavy atom. The second-order valence-corrected chi connectivity index (χ2v) is 16.1. The van der Waals surface area contributed by atoms with E-state index in [9.17, 15) is 9.13 Å². The highest BCUT2D eigenvalue weighted by atomic mass is 31.2. The van der Waals surface area contributed by atoms with Crippen LogP contribution in [0.1, 0.15) is 34.3 Å². The van der Waals surface area contributed by atoms with Crippen molar-refractivity contribution in [3.8, 4) is 0 Å². The van der Waals surface area contributed by atoms with Crippen LogP contribution in [0.25, 0.3) is 12.2 Å². The molecular formula is C26H38N6O2P2. The SMILES string of the molecule is CN(C)P(=O)(N(C)C)N1C=Cc2ccccc2C1C1c2ccccc2C=CN1P(=O)(N(C)C)N(C)C. The fourth-order valence-electron chi connectivity index (χ4n) is 5.32. The molecule has 194 valence electrons. The molecule has 4 rings (SSSR count). The molecule has 36 heavy (non-hydrogen) atoms. The zero-order valence-electron chi connectivity index (χ0n) is 22.5. The monoisotopic (exact) mass is 528 g/mol. The van der Waals surface area contributed by atoms with E-state index in [4.69, 9.17) is 0 Å². The third-order valence-electron chi connectivity index (χ3n) is 7.00. The fraction of sp³-hybridized carbons (Fsp3) is 0.385. The molecule has 0 N–H and O–H groups in total. The van der Waals surface area contributed by atoms with Crippen LogP contribution in [0.3, 0.4) is 0 Å². The summed E-state index contributed by atoms with van der Waals surface area (Å²) in [6.45, 7) is 0. The van der Waals surface area contributed by atoms with Gasteiger partial charge in [-0.25, -0.2) is 18.7 Å². The van der Waals surface area contributed by atoms with Crippen LogP contribution in [0.15, 0.2) is 60.9 Å². The van der Waals surface area contributed by atoms with Gasteiger partial charge in [-0.05, 0) is 90.8 Å². The summed E-state index contributed by atoms with van der Waals surface area (Å²) in [7, 11) is 8.38. The number of fused-ring (bicyclic) bond motifs is 2. The molecule has 2 unspecified atom stereocenters. The standard InChI is InChI=1S/C26H38N6O2P2/c1-27(2)35(33,28(3)4)31-19-17-21-13-9-11-15-23(21)25(31)26-24-16-12-10-14-22(24)18-20-32(26)36(34,29(5)6)30(7)8/h9-20,25-26H,1-8H3. The van der Waals surface area contributed by atoms with E-state index in [0.717, 1.165) is 22.3 Å². The lowest BCUT2D eigenvalue weighted by atomic mass is 9.86. The van der Waals surface area contributed by atoms with Gasteiger partial charge in [0.15, 0.2) is 0 Å². The highest BCUT2D eigenvalue weighted by Gasteiger charge is 2.50. The van der Waals surface area contributed by atoms with Gasteiger partial charge in [-0.15, -0.1) is 0 Å². The van der Waals surface area contributed by atoms with Gasteiger partial charge in [0.25, 0.3) is 0 Å². The van der Waals surface area contributed by atoms with Crippen LogP contribution in [-0.2, 0) is 9.13 Å². The Balaban J connectivity index is 2.05. The summed E-state index contributed by atoms with van der Waals surface area (Å²) in [4.78, 5) is 0. The van der Waals surface area contributed by atoms with Crippen molar-refractivity contribution in [2.45, 2.75) is 12.1 Å². The van der Waals surface area contributed by atoms with Crippen LogP contribution >= 0.6 is 15.2 Å². The number of nitrogens with zero attached hydrogens (tertiary/aromatic N) is 6. The van der Waals surface area contributed by atoms with Crippen LogP contribution in [0.5, 0.6) is 0 Å². The summed E-state index contributed by atoms with van der Waals surface area (Å²) in [5.41, 5.74) is 4.24. The topological polar surface area (TPSA) is 53.6 Å². The average molecular weight is 529 g/mol. The smallest absolute Gasteiger partial charge is 0.296 e. The Kier molecular flexibility index (Phi) is 7.42. The third kappa shape index (κ3) is 4.10. The Bertz CT molecular complexity index is 1150. The lowest BCUT2D eigenvalue weighted by Gasteiger charge is -2.52. The van der Waals surface area contributed by atoms with Crippen molar-refractivity contribution < 1.29 is 9.13 Å².